The summed E-state index contributed by atoms with van der Waals surface area (Å²) in [6, 6.07) is 10.1. The monoisotopic (exact) mass is 900 g/mol. The van der Waals surface area contributed by atoms with Crippen molar-refractivity contribution in [3.63, 3.8) is 0 Å². The molecule has 9 rings (SSSR count). The zero-order chi connectivity index (χ0) is 44.2. The highest BCUT2D eigenvalue weighted by Gasteiger charge is 2.67. The van der Waals surface area contributed by atoms with E-state index < -0.39 is 93.7 Å². The molecule has 1 fully saturated rings. The summed E-state index contributed by atoms with van der Waals surface area (Å²) in [7, 11) is -2.52. The van der Waals surface area contributed by atoms with Crippen LogP contribution in [0, 0.1) is 23.5 Å². The first-order valence-electron chi connectivity index (χ1n) is 18.5. The molecule has 0 radical (unpaired) electrons. The van der Waals surface area contributed by atoms with Gasteiger partial charge < -0.3 is 5.32 Å². The molecule has 3 atom stereocenters. The lowest BCUT2D eigenvalue weighted by atomic mass is 10.0. The predicted molar refractivity (Wildman–Crippen MR) is 209 cm³/mol. The number of halogens is 8. The SMILES string of the molecule is Cn1nc(NS(C)(=O)=O)c2c(Cl)ccc(-n3c([C@H](Cc4cc(F)cc(F)c4)NC(=O)Cn4nc(C(F)F)c5c4C(F)(F)[C@@H]4C[C@H]54)nc4nc(-c5cccc(F)n5)ccc4c3=O)c21. The van der Waals surface area contributed by atoms with Crippen molar-refractivity contribution in [1.82, 2.24) is 44.4 Å². The number of rotatable bonds is 11. The van der Waals surface area contributed by atoms with Gasteiger partial charge in [-0.3, -0.25) is 28.2 Å². The van der Waals surface area contributed by atoms with Gasteiger partial charge in [-0.25, -0.2) is 40.9 Å². The molecule has 2 aliphatic rings. The van der Waals surface area contributed by atoms with Crippen molar-refractivity contribution >= 4 is 55.3 Å². The van der Waals surface area contributed by atoms with E-state index in [-0.39, 0.29) is 73.2 Å². The van der Waals surface area contributed by atoms with E-state index in [1.165, 1.54) is 48.1 Å². The summed E-state index contributed by atoms with van der Waals surface area (Å²) >= 11 is 6.59. The average Bonchev–Trinajstić information content (AvgIpc) is 3.72. The number of pyridine rings is 2. The van der Waals surface area contributed by atoms with Crippen LogP contribution in [-0.4, -0.2) is 59.7 Å². The molecule has 0 saturated heterocycles. The highest BCUT2D eigenvalue weighted by Crippen LogP contribution is 2.68. The molecule has 2 aliphatic carbocycles. The lowest BCUT2D eigenvalue weighted by molar-refractivity contribution is -0.123. The molecule has 1 saturated carbocycles. The van der Waals surface area contributed by atoms with Gasteiger partial charge in [0.05, 0.1) is 50.7 Å². The molecule has 14 nitrogen and oxygen atoms in total. The second kappa shape index (κ2) is 14.6. The zero-order valence-electron chi connectivity index (χ0n) is 31.8. The van der Waals surface area contributed by atoms with E-state index in [1.54, 1.807) is 0 Å². The summed E-state index contributed by atoms with van der Waals surface area (Å²) in [6.07, 6.45) is -2.92. The summed E-state index contributed by atoms with van der Waals surface area (Å²) in [5.41, 5.74) is -3.16. The van der Waals surface area contributed by atoms with Crippen LogP contribution in [0.3, 0.4) is 0 Å². The molecule has 62 heavy (non-hydrogen) atoms. The van der Waals surface area contributed by atoms with Gasteiger partial charge in [-0.15, -0.1) is 0 Å². The van der Waals surface area contributed by atoms with E-state index >= 15 is 8.78 Å². The predicted octanol–water partition coefficient (Wildman–Crippen LogP) is 6.61. The molecule has 2 N–H and O–H groups in total. The summed E-state index contributed by atoms with van der Waals surface area (Å²) in [6.45, 7) is -1.03. The van der Waals surface area contributed by atoms with Crippen LogP contribution in [-0.2, 0) is 40.8 Å². The third-order valence-electron chi connectivity index (χ3n) is 10.6. The van der Waals surface area contributed by atoms with Crippen molar-refractivity contribution in [2.24, 2.45) is 13.0 Å². The quantitative estimate of drug-likeness (QED) is 0.107. The fourth-order valence-electron chi connectivity index (χ4n) is 8.15. The molecule has 0 aliphatic heterocycles. The second-order valence-electron chi connectivity index (χ2n) is 14.9. The maximum Gasteiger partial charge on any atom is 0.293 e. The fourth-order valence-corrected chi connectivity index (χ4v) is 8.89. The summed E-state index contributed by atoms with van der Waals surface area (Å²) in [5, 5.41) is 10.4. The largest absolute Gasteiger partial charge is 0.344 e. The van der Waals surface area contributed by atoms with Crippen LogP contribution >= 0.6 is 11.6 Å². The molecule has 23 heteroatoms. The van der Waals surface area contributed by atoms with E-state index in [0.29, 0.717) is 10.7 Å². The van der Waals surface area contributed by atoms with Gasteiger partial charge in [0.2, 0.25) is 21.9 Å². The van der Waals surface area contributed by atoms with Crippen molar-refractivity contribution in [2.45, 2.75) is 43.7 Å². The van der Waals surface area contributed by atoms with E-state index in [4.69, 9.17) is 11.6 Å². The minimum atomic E-state index is -3.94. The summed E-state index contributed by atoms with van der Waals surface area (Å²) in [5.74, 6) is -10.3. The second-order valence-corrected chi connectivity index (χ2v) is 17.1. The van der Waals surface area contributed by atoms with Crippen molar-refractivity contribution in [1.29, 1.82) is 0 Å². The molecule has 0 unspecified atom stereocenters. The van der Waals surface area contributed by atoms with Gasteiger partial charge in [-0.1, -0.05) is 17.7 Å². The molecule has 5 aromatic heterocycles. The number of carbonyl (C=O) groups excluding carboxylic acids is 1. The number of carbonyl (C=O) groups is 1. The minimum Gasteiger partial charge on any atom is -0.344 e. The molecule has 5 heterocycles. The van der Waals surface area contributed by atoms with Gasteiger partial charge in [-0.05, 0) is 66.4 Å². The number of sulfonamides is 1. The normalized spacial score (nSPS) is 17.1. The van der Waals surface area contributed by atoms with Gasteiger partial charge >= 0.3 is 0 Å². The summed E-state index contributed by atoms with van der Waals surface area (Å²) < 4.78 is 133. The Morgan fingerprint density at radius 1 is 0.984 bits per heavy atom. The molecule has 1 amide bonds. The Balaban J connectivity index is 1.26. The number of anilines is 1. The maximum absolute atomic E-state index is 15.5. The number of benzene rings is 2. The van der Waals surface area contributed by atoms with Crippen LogP contribution in [0.15, 0.2) is 65.5 Å². The smallest absolute Gasteiger partial charge is 0.293 e. The average molecular weight is 901 g/mol. The Morgan fingerprint density at radius 2 is 1.71 bits per heavy atom. The Hall–Kier alpha value is -6.42. The fraction of sp³-hybridized carbons (Fsp3) is 0.256. The molecule has 0 spiro atoms. The molecule has 0 bridgehead atoms. The highest BCUT2D eigenvalue weighted by atomic mass is 35.5. The number of alkyl halides is 4. The van der Waals surface area contributed by atoms with Crippen molar-refractivity contribution in [3.8, 4) is 17.1 Å². The number of fused-ring (bicyclic) bond motifs is 5. The van der Waals surface area contributed by atoms with E-state index in [9.17, 15) is 40.0 Å². The van der Waals surface area contributed by atoms with Gasteiger partial charge in [0.1, 0.15) is 35.4 Å². The molecular weight excluding hydrogens is 873 g/mol. The van der Waals surface area contributed by atoms with Gasteiger partial charge in [0.25, 0.3) is 17.9 Å². The Kier molecular flexibility index (Phi) is 9.65. The van der Waals surface area contributed by atoms with Crippen LogP contribution in [0.5, 0.6) is 0 Å². The standard InChI is InChI=1S/C39H28ClF7N10O4S/c1-55-32-26(9-7-22(40)30(32)36(53-55)54-62(2,60)61)57-37(51-35-19(38(57)59)6-8-24(50-35)23-4-3-5-27(43)48-23)25(12-16-10-17(41)13-18(42)11-16)49-28(58)15-56-33-29(31(52-56)34(44)45)20-14-21(20)39(33,46)47/h3-11,13,20-21,25,34H,12,14-15H2,1-2H3,(H,49,58)(H,53,54)/t20-,21+,25-/m0/s1. The summed E-state index contributed by atoms with van der Waals surface area (Å²) in [4.78, 5) is 42.0. The third-order valence-corrected chi connectivity index (χ3v) is 11.5. The highest BCUT2D eigenvalue weighted by molar-refractivity contribution is 7.92. The van der Waals surface area contributed by atoms with Gasteiger partial charge in [0, 0.05) is 31.0 Å². The van der Waals surface area contributed by atoms with Crippen LogP contribution in [0.4, 0.5) is 36.6 Å². The van der Waals surface area contributed by atoms with Crippen LogP contribution in [0.1, 0.15) is 53.1 Å². The van der Waals surface area contributed by atoms with Crippen molar-refractivity contribution in [2.75, 3.05) is 11.0 Å². The van der Waals surface area contributed by atoms with Crippen LogP contribution < -0.4 is 15.6 Å². The van der Waals surface area contributed by atoms with E-state index in [0.717, 1.165) is 29.0 Å². The minimum absolute atomic E-state index is 0.00954. The van der Waals surface area contributed by atoms with E-state index in [1.807, 2.05) is 0 Å². The first kappa shape index (κ1) is 41.0. The van der Waals surface area contributed by atoms with Crippen LogP contribution in [0.25, 0.3) is 39.0 Å². The van der Waals surface area contributed by atoms with Crippen molar-refractivity contribution in [3.05, 3.63) is 122 Å². The number of hydrogen-bond acceptors (Lipinski definition) is 9. The van der Waals surface area contributed by atoms with Gasteiger partial charge in [0.15, 0.2) is 11.5 Å². The number of aryl methyl sites for hydroxylation is 1. The number of nitrogens with zero attached hydrogens (tertiary/aromatic N) is 8. The molecule has 7 aromatic rings. The van der Waals surface area contributed by atoms with Crippen LogP contribution in [0.2, 0.25) is 5.02 Å². The number of nitrogens with one attached hydrogen (secondary N) is 2. The molecular formula is C39H28ClF7N10O4S. The topological polar surface area (TPSA) is 172 Å². The lowest BCUT2D eigenvalue weighted by Crippen LogP contribution is -2.38. The van der Waals surface area contributed by atoms with Gasteiger partial charge in [-0.2, -0.15) is 23.4 Å². The Morgan fingerprint density at radius 3 is 2.40 bits per heavy atom. The number of hydrogen-bond donors (Lipinski definition) is 2. The van der Waals surface area contributed by atoms with Crippen molar-refractivity contribution < 1.29 is 43.9 Å². The first-order chi connectivity index (χ1) is 29.3. The first-order valence-corrected chi connectivity index (χ1v) is 20.8. The Labute approximate surface area is 349 Å². The Bertz CT molecular complexity index is 3190. The maximum atomic E-state index is 15.5. The van der Waals surface area contributed by atoms with E-state index in [2.05, 4.69) is 35.2 Å². The number of amides is 1. The lowest BCUT2D eigenvalue weighted by Gasteiger charge is -2.24. The molecule has 320 valence electrons. The zero-order valence-corrected chi connectivity index (χ0v) is 33.4. The number of aromatic nitrogens is 8. The molecule has 2 aromatic carbocycles. The third kappa shape index (κ3) is 7.09.